The molecule has 0 radical (unpaired) electrons. The molecule has 0 saturated heterocycles. The average molecular weight is 321 g/mol. The topological polar surface area (TPSA) is 68.0 Å². The predicted molar refractivity (Wildman–Crippen MR) is 89.5 cm³/mol. The van der Waals surface area contributed by atoms with E-state index in [0.717, 1.165) is 15.6 Å². The highest BCUT2D eigenvalue weighted by Gasteiger charge is 2.11. The Morgan fingerprint density at radius 3 is 2.83 bits per heavy atom. The molecule has 0 aliphatic heterocycles. The first kappa shape index (κ1) is 13.7. The molecule has 2 heterocycles. The molecule has 0 atom stereocenters. The molecule has 0 saturated carbocycles. The number of nitrogens with zero attached hydrogens (tertiary/aromatic N) is 2. The Morgan fingerprint density at radius 2 is 2.00 bits per heavy atom. The highest BCUT2D eigenvalue weighted by Crippen LogP contribution is 2.26. The first-order valence-electron chi connectivity index (χ1n) is 6.96. The van der Waals surface area contributed by atoms with Crippen molar-refractivity contribution in [1.82, 2.24) is 10.2 Å². The lowest BCUT2D eigenvalue weighted by molar-refractivity contribution is 0.103. The number of benzene rings is 2. The molecule has 6 heteroatoms. The minimum atomic E-state index is -0.131. The van der Waals surface area contributed by atoms with Crippen LogP contribution in [0.3, 0.4) is 0 Å². The monoisotopic (exact) mass is 321 g/mol. The molecule has 1 N–H and O–H groups in total. The second-order valence-electron chi connectivity index (χ2n) is 4.93. The summed E-state index contributed by atoms with van der Waals surface area (Å²) in [6.07, 6.45) is 1.28. The van der Waals surface area contributed by atoms with Gasteiger partial charge in [-0.05, 0) is 35.7 Å². The Hall–Kier alpha value is -2.99. The van der Waals surface area contributed by atoms with E-state index >= 15 is 0 Å². The van der Waals surface area contributed by atoms with Crippen molar-refractivity contribution in [1.29, 1.82) is 0 Å². The number of hydrogen-bond acceptors (Lipinski definition) is 5. The van der Waals surface area contributed by atoms with Gasteiger partial charge in [0.05, 0.1) is 4.88 Å². The molecule has 4 rings (SSSR count). The number of amides is 1. The van der Waals surface area contributed by atoms with Crippen molar-refractivity contribution in [2.45, 2.75) is 0 Å². The van der Waals surface area contributed by atoms with Crippen LogP contribution >= 0.6 is 11.3 Å². The second-order valence-corrected chi connectivity index (χ2v) is 6.01. The lowest BCUT2D eigenvalue weighted by atomic mass is 10.2. The molecule has 5 nitrogen and oxygen atoms in total. The van der Waals surface area contributed by atoms with Crippen LogP contribution in [0.25, 0.3) is 21.5 Å². The molecular formula is C17H11N3O2S. The number of rotatable bonds is 3. The van der Waals surface area contributed by atoms with Crippen LogP contribution < -0.4 is 5.32 Å². The van der Waals surface area contributed by atoms with Crippen LogP contribution in [0, 0.1) is 0 Å². The summed E-state index contributed by atoms with van der Waals surface area (Å²) in [5.74, 6) is 0.289. The van der Waals surface area contributed by atoms with E-state index in [0.29, 0.717) is 16.5 Å². The third-order valence-corrected chi connectivity index (χ3v) is 4.49. The summed E-state index contributed by atoms with van der Waals surface area (Å²) in [6, 6.07) is 17.1. The summed E-state index contributed by atoms with van der Waals surface area (Å²) in [4.78, 5) is 13.1. The van der Waals surface area contributed by atoms with Crippen molar-refractivity contribution in [3.8, 4) is 11.5 Å². The molecule has 1 amide bonds. The Kier molecular flexibility index (Phi) is 3.36. The van der Waals surface area contributed by atoms with Crippen LogP contribution in [0.2, 0.25) is 0 Å². The van der Waals surface area contributed by atoms with Gasteiger partial charge in [0.15, 0.2) is 0 Å². The van der Waals surface area contributed by atoms with E-state index in [1.807, 2.05) is 48.5 Å². The van der Waals surface area contributed by atoms with Gasteiger partial charge in [-0.2, -0.15) is 0 Å². The van der Waals surface area contributed by atoms with Crippen molar-refractivity contribution in [2.75, 3.05) is 5.32 Å². The molecule has 23 heavy (non-hydrogen) atoms. The highest BCUT2D eigenvalue weighted by molar-refractivity contribution is 7.20. The second kappa shape index (κ2) is 5.66. The molecule has 0 aliphatic carbocycles. The van der Waals surface area contributed by atoms with E-state index in [4.69, 9.17) is 4.42 Å². The minimum Gasteiger partial charge on any atom is -0.423 e. The molecular weight excluding hydrogens is 310 g/mol. The van der Waals surface area contributed by atoms with Crippen LogP contribution in [-0.4, -0.2) is 16.1 Å². The summed E-state index contributed by atoms with van der Waals surface area (Å²) in [5, 5.41) is 11.5. The lowest BCUT2D eigenvalue weighted by Crippen LogP contribution is -2.09. The van der Waals surface area contributed by atoms with Gasteiger partial charge in [-0.25, -0.2) is 0 Å². The summed E-state index contributed by atoms with van der Waals surface area (Å²) in [6.45, 7) is 0. The largest absolute Gasteiger partial charge is 0.423 e. The van der Waals surface area contributed by atoms with E-state index in [1.54, 1.807) is 6.07 Å². The fraction of sp³-hybridized carbons (Fsp3) is 0. The minimum absolute atomic E-state index is 0.131. The molecule has 0 unspecified atom stereocenters. The number of thiophene rings is 1. The van der Waals surface area contributed by atoms with Crippen molar-refractivity contribution >= 4 is 33.0 Å². The molecule has 0 fully saturated rings. The third kappa shape index (κ3) is 2.72. The third-order valence-electron chi connectivity index (χ3n) is 3.38. The maximum Gasteiger partial charge on any atom is 0.265 e. The highest BCUT2D eigenvalue weighted by atomic mass is 32.1. The molecule has 0 spiro atoms. The van der Waals surface area contributed by atoms with Gasteiger partial charge in [0, 0.05) is 16.0 Å². The zero-order chi connectivity index (χ0) is 15.6. The Labute approximate surface area is 135 Å². The normalized spacial score (nSPS) is 10.8. The fourth-order valence-corrected chi connectivity index (χ4v) is 3.27. The van der Waals surface area contributed by atoms with Gasteiger partial charge in [0.25, 0.3) is 5.91 Å². The maximum atomic E-state index is 12.4. The number of aromatic nitrogens is 2. The van der Waals surface area contributed by atoms with Crippen LogP contribution in [0.1, 0.15) is 9.67 Å². The van der Waals surface area contributed by atoms with Gasteiger partial charge in [-0.15, -0.1) is 21.5 Å². The van der Waals surface area contributed by atoms with E-state index in [-0.39, 0.29) is 5.91 Å². The van der Waals surface area contributed by atoms with Gasteiger partial charge in [0.1, 0.15) is 0 Å². The fourth-order valence-electron chi connectivity index (χ4n) is 2.32. The smallest absolute Gasteiger partial charge is 0.265 e. The van der Waals surface area contributed by atoms with E-state index < -0.39 is 0 Å². The summed E-state index contributed by atoms with van der Waals surface area (Å²) in [7, 11) is 0. The van der Waals surface area contributed by atoms with E-state index in [1.165, 1.54) is 17.7 Å². The first-order chi connectivity index (χ1) is 11.3. The Bertz CT molecular complexity index is 943. The zero-order valence-corrected chi connectivity index (χ0v) is 12.7. The van der Waals surface area contributed by atoms with Gasteiger partial charge in [0.2, 0.25) is 12.3 Å². The van der Waals surface area contributed by atoms with Crippen LogP contribution in [0.4, 0.5) is 5.69 Å². The molecule has 0 bridgehead atoms. The molecule has 2 aromatic heterocycles. The average Bonchev–Trinajstić information content (AvgIpc) is 3.24. The van der Waals surface area contributed by atoms with Crippen molar-refractivity contribution in [3.63, 3.8) is 0 Å². The van der Waals surface area contributed by atoms with Gasteiger partial charge in [-0.1, -0.05) is 24.3 Å². The quantitative estimate of drug-likeness (QED) is 0.614. The van der Waals surface area contributed by atoms with Gasteiger partial charge in [-0.3, -0.25) is 4.79 Å². The molecule has 4 aromatic rings. The number of fused-ring (bicyclic) bond motifs is 1. The van der Waals surface area contributed by atoms with Crippen LogP contribution in [-0.2, 0) is 0 Å². The van der Waals surface area contributed by atoms with Crippen molar-refractivity contribution < 1.29 is 9.21 Å². The molecule has 2 aromatic carbocycles. The van der Waals surface area contributed by atoms with Crippen molar-refractivity contribution in [2.24, 2.45) is 0 Å². The Balaban J connectivity index is 1.60. The number of carbonyl (C=O) groups excluding carboxylic acids is 1. The van der Waals surface area contributed by atoms with E-state index in [2.05, 4.69) is 15.5 Å². The molecule has 0 aliphatic rings. The maximum absolute atomic E-state index is 12.4. The predicted octanol–water partition coefficient (Wildman–Crippen LogP) is 4.20. The lowest BCUT2D eigenvalue weighted by Gasteiger charge is -2.04. The Morgan fingerprint density at radius 1 is 1.09 bits per heavy atom. The number of hydrogen-bond donors (Lipinski definition) is 1. The zero-order valence-electron chi connectivity index (χ0n) is 11.9. The van der Waals surface area contributed by atoms with E-state index in [9.17, 15) is 4.79 Å². The number of nitrogens with one attached hydrogen (secondary N) is 1. The standard InChI is InChI=1S/C17H11N3O2S/c21-16(15-9-11-4-1-2-7-14(11)23-15)19-13-6-3-5-12(8-13)17-20-18-10-22-17/h1-10H,(H,19,21). The summed E-state index contributed by atoms with van der Waals surface area (Å²) >= 11 is 1.47. The van der Waals surface area contributed by atoms with Gasteiger partial charge < -0.3 is 9.73 Å². The summed E-state index contributed by atoms with van der Waals surface area (Å²) < 4.78 is 6.27. The first-order valence-corrected chi connectivity index (χ1v) is 7.78. The molecule has 112 valence electrons. The number of anilines is 1. The van der Waals surface area contributed by atoms with Crippen LogP contribution in [0.15, 0.2) is 65.4 Å². The number of carbonyl (C=O) groups is 1. The van der Waals surface area contributed by atoms with Gasteiger partial charge >= 0.3 is 0 Å². The SMILES string of the molecule is O=C(Nc1cccc(-c2nnco2)c1)c1cc2ccccc2s1. The van der Waals surface area contributed by atoms with Crippen molar-refractivity contribution in [3.05, 3.63) is 65.9 Å². The summed E-state index contributed by atoms with van der Waals surface area (Å²) in [5.41, 5.74) is 1.44. The van der Waals surface area contributed by atoms with Crippen LogP contribution in [0.5, 0.6) is 0 Å².